The predicted molar refractivity (Wildman–Crippen MR) is 109 cm³/mol. The van der Waals surface area contributed by atoms with Gasteiger partial charge in [-0.2, -0.15) is 13.8 Å². The molecule has 12 heteroatoms. The molecule has 0 radical (unpaired) electrons. The van der Waals surface area contributed by atoms with Crippen LogP contribution in [0, 0.1) is 11.8 Å². The van der Waals surface area contributed by atoms with E-state index in [1.807, 2.05) is 6.07 Å². The number of rotatable bonds is 6. The van der Waals surface area contributed by atoms with E-state index in [-0.39, 0.29) is 29.3 Å². The molecule has 4 atom stereocenters. The molecule has 33 heavy (non-hydrogen) atoms. The first kappa shape index (κ1) is 18.7. The van der Waals surface area contributed by atoms with E-state index in [1.54, 1.807) is 30.1 Å². The Morgan fingerprint density at radius 1 is 1.30 bits per heavy atom. The van der Waals surface area contributed by atoms with E-state index in [9.17, 15) is 13.6 Å². The van der Waals surface area contributed by atoms with E-state index in [0.29, 0.717) is 34.7 Å². The Hall–Kier alpha value is -3.83. The maximum Gasteiger partial charge on any atom is 0.387 e. The number of fused-ring (bicyclic) bond motifs is 2. The molecule has 0 amide bonds. The molecule has 2 bridgehead atoms. The van der Waals surface area contributed by atoms with Crippen molar-refractivity contribution < 1.29 is 18.0 Å². The molecule has 10 nitrogen and oxygen atoms in total. The first-order chi connectivity index (χ1) is 16.0. The van der Waals surface area contributed by atoms with Crippen molar-refractivity contribution in [3.63, 3.8) is 0 Å². The van der Waals surface area contributed by atoms with Gasteiger partial charge in [-0.25, -0.2) is 9.97 Å². The molecular formula is C21H17F2N7O3. The Morgan fingerprint density at radius 3 is 2.97 bits per heavy atom. The Balaban J connectivity index is 1.12. The largest absolute Gasteiger partial charge is 0.435 e. The smallest absolute Gasteiger partial charge is 0.387 e. The summed E-state index contributed by atoms with van der Waals surface area (Å²) in [6.45, 7) is -1.94. The molecule has 5 heterocycles. The molecule has 3 aromatic heterocycles. The van der Waals surface area contributed by atoms with Crippen LogP contribution >= 0.6 is 0 Å². The normalized spacial score (nSPS) is 26.8. The monoisotopic (exact) mass is 453 g/mol. The van der Waals surface area contributed by atoms with E-state index in [1.165, 1.54) is 17.0 Å². The van der Waals surface area contributed by atoms with Crippen molar-refractivity contribution in [2.75, 3.05) is 11.4 Å². The van der Waals surface area contributed by atoms with Crippen molar-refractivity contribution in [2.24, 2.45) is 18.9 Å². The Labute approximate surface area is 184 Å². The fraction of sp³-hybridized carbons (Fsp3) is 0.381. The van der Waals surface area contributed by atoms with Crippen LogP contribution < -0.4 is 15.2 Å². The molecule has 4 aliphatic rings. The highest BCUT2D eigenvalue weighted by Crippen LogP contribution is 2.85. The topological polar surface area (TPSA) is 104 Å². The van der Waals surface area contributed by atoms with Gasteiger partial charge in [0.15, 0.2) is 17.0 Å². The zero-order chi connectivity index (χ0) is 22.5. The highest BCUT2D eigenvalue weighted by atomic mass is 19.3. The number of anilines is 1. The van der Waals surface area contributed by atoms with Crippen LogP contribution in [-0.4, -0.2) is 48.4 Å². The first-order valence-corrected chi connectivity index (χ1v) is 10.5. The summed E-state index contributed by atoms with van der Waals surface area (Å²) in [5, 5.41) is 4.22. The second kappa shape index (κ2) is 6.15. The molecule has 1 unspecified atom stereocenters. The van der Waals surface area contributed by atoms with Crippen molar-refractivity contribution in [3.05, 3.63) is 59.0 Å². The van der Waals surface area contributed by atoms with Gasteiger partial charge in [0, 0.05) is 37.3 Å². The summed E-state index contributed by atoms with van der Waals surface area (Å²) in [5.41, 5.74) is 1.26. The van der Waals surface area contributed by atoms with Crippen LogP contribution in [0.25, 0.3) is 11.2 Å². The molecule has 4 fully saturated rings. The molecule has 8 rings (SSSR count). The maximum atomic E-state index is 12.8. The lowest BCUT2D eigenvalue weighted by atomic mass is 10.1. The van der Waals surface area contributed by atoms with Crippen molar-refractivity contribution >= 4 is 16.9 Å². The predicted octanol–water partition coefficient (Wildman–Crippen LogP) is 1.55. The number of hydrogen-bond acceptors (Lipinski definition) is 8. The molecule has 4 aromatic rings. The second-order valence-electron chi connectivity index (χ2n) is 8.76. The highest BCUT2D eigenvalue weighted by molar-refractivity contribution is 5.69. The van der Waals surface area contributed by atoms with Crippen molar-refractivity contribution in [1.29, 1.82) is 0 Å². The van der Waals surface area contributed by atoms with Gasteiger partial charge in [0.1, 0.15) is 18.6 Å². The minimum absolute atomic E-state index is 0.118. The summed E-state index contributed by atoms with van der Waals surface area (Å²) >= 11 is 0. The molecule has 0 N–H and O–H groups in total. The number of ether oxygens (including phenoxy) is 1. The van der Waals surface area contributed by atoms with Gasteiger partial charge in [0.25, 0.3) is 5.56 Å². The fourth-order valence-electron chi connectivity index (χ4n) is 5.67. The summed E-state index contributed by atoms with van der Waals surface area (Å²) in [6.07, 6.45) is 2.97. The quantitative estimate of drug-likeness (QED) is 0.433. The molecule has 2 saturated carbocycles. The number of benzene rings is 1. The number of alkyl halides is 2. The van der Waals surface area contributed by atoms with Gasteiger partial charge in [-0.15, -0.1) is 0 Å². The highest BCUT2D eigenvalue weighted by Gasteiger charge is 2.95. The minimum Gasteiger partial charge on any atom is -0.435 e. The minimum atomic E-state index is -2.86. The summed E-state index contributed by atoms with van der Waals surface area (Å²) in [4.78, 5) is 27.9. The van der Waals surface area contributed by atoms with E-state index < -0.39 is 6.61 Å². The lowest BCUT2D eigenvalue weighted by molar-refractivity contribution is -0.0498. The van der Waals surface area contributed by atoms with Crippen molar-refractivity contribution in [3.8, 4) is 5.75 Å². The van der Waals surface area contributed by atoms with Crippen LogP contribution in [0.1, 0.15) is 11.7 Å². The maximum absolute atomic E-state index is 12.8. The van der Waals surface area contributed by atoms with Gasteiger partial charge in [-0.3, -0.25) is 9.36 Å². The standard InChI is InChI=1S/C21H17F2N7O3/c1-28-8-24-17-15(28)18(31)29(9-25-17)7-13-26-19(27-33-13)21-12-6-30(16(21)14(12)21)10-3-2-4-11(5-10)32-20(22)23/h2-5,8-9,12,14,16,20H,6-7H2,1H3/t12-,14-,16?,21-/m1/s1. The van der Waals surface area contributed by atoms with Crippen LogP contribution in [0.15, 0.2) is 46.2 Å². The number of imidazole rings is 1. The molecular weight excluding hydrogens is 436 g/mol. The van der Waals surface area contributed by atoms with E-state index in [2.05, 4.69) is 29.7 Å². The van der Waals surface area contributed by atoms with Gasteiger partial charge in [-0.1, -0.05) is 11.2 Å². The lowest BCUT2D eigenvalue weighted by Gasteiger charge is -2.19. The van der Waals surface area contributed by atoms with Gasteiger partial charge >= 0.3 is 6.61 Å². The molecule has 2 aliphatic heterocycles. The Bertz CT molecular complexity index is 1470. The van der Waals surface area contributed by atoms with Crippen molar-refractivity contribution in [2.45, 2.75) is 24.6 Å². The average molecular weight is 453 g/mol. The molecule has 2 saturated heterocycles. The molecule has 2 aliphatic carbocycles. The Kier molecular flexibility index (Phi) is 3.49. The van der Waals surface area contributed by atoms with Crippen LogP contribution in [0.4, 0.5) is 14.5 Å². The Morgan fingerprint density at radius 2 is 2.15 bits per heavy atom. The number of nitrogens with zero attached hydrogens (tertiary/aromatic N) is 7. The fourth-order valence-corrected chi connectivity index (χ4v) is 5.67. The summed E-state index contributed by atoms with van der Waals surface area (Å²) in [7, 11) is 1.74. The number of piperidine rings is 1. The van der Waals surface area contributed by atoms with Gasteiger partial charge < -0.3 is 18.7 Å². The number of aromatic nitrogens is 6. The van der Waals surface area contributed by atoms with Gasteiger partial charge in [-0.05, 0) is 18.1 Å². The second-order valence-corrected chi connectivity index (χ2v) is 8.76. The number of halogens is 2. The number of aryl methyl sites for hydroxylation is 1. The third-order valence-electron chi connectivity index (χ3n) is 7.18. The van der Waals surface area contributed by atoms with Crippen molar-refractivity contribution in [1.82, 2.24) is 29.2 Å². The van der Waals surface area contributed by atoms with E-state index in [4.69, 9.17) is 4.52 Å². The molecule has 0 spiro atoms. The third-order valence-corrected chi connectivity index (χ3v) is 7.18. The lowest BCUT2D eigenvalue weighted by Crippen LogP contribution is -2.23. The van der Waals surface area contributed by atoms with Crippen LogP contribution in [0.3, 0.4) is 0 Å². The average Bonchev–Trinajstić information content (AvgIpc) is 3.23. The zero-order valence-corrected chi connectivity index (χ0v) is 17.3. The third kappa shape index (κ3) is 2.43. The van der Waals surface area contributed by atoms with Crippen LogP contribution in [-0.2, 0) is 19.0 Å². The summed E-state index contributed by atoms with van der Waals surface area (Å²) in [6, 6.07) is 6.97. The van der Waals surface area contributed by atoms with Crippen LogP contribution in [0.5, 0.6) is 5.75 Å². The van der Waals surface area contributed by atoms with Gasteiger partial charge in [0.2, 0.25) is 5.89 Å². The summed E-state index contributed by atoms with van der Waals surface area (Å²) in [5.74, 6) is 1.95. The van der Waals surface area contributed by atoms with E-state index in [0.717, 1.165) is 12.2 Å². The summed E-state index contributed by atoms with van der Waals surface area (Å²) < 4.78 is 38.2. The van der Waals surface area contributed by atoms with Crippen LogP contribution in [0.2, 0.25) is 0 Å². The first-order valence-electron chi connectivity index (χ1n) is 10.5. The number of hydrogen-bond donors (Lipinski definition) is 0. The molecule has 1 aromatic carbocycles. The SMILES string of the molecule is Cn1cnc2ncn(Cc3nc([C@@]45C6[C@H]4[C@H]5CN6c4cccc(OC(F)F)c4)no3)c(=O)c21. The van der Waals surface area contributed by atoms with Gasteiger partial charge in [0.05, 0.1) is 11.7 Å². The zero-order valence-electron chi connectivity index (χ0n) is 17.3. The molecule has 168 valence electrons. The van der Waals surface area contributed by atoms with E-state index >= 15 is 0 Å².